The molecule has 0 unspecified atom stereocenters. The van der Waals surface area contributed by atoms with Gasteiger partial charge in [0.25, 0.3) is 5.56 Å². The van der Waals surface area contributed by atoms with Crippen LogP contribution >= 0.6 is 0 Å². The van der Waals surface area contributed by atoms with Crippen molar-refractivity contribution in [3.8, 4) is 11.1 Å². The lowest BCUT2D eigenvalue weighted by atomic mass is 9.98. The Morgan fingerprint density at radius 2 is 1.77 bits per heavy atom. The lowest BCUT2D eigenvalue weighted by Crippen LogP contribution is -2.42. The summed E-state index contributed by atoms with van der Waals surface area (Å²) >= 11 is 0. The number of carbonyl (C=O) groups excluding carboxylic acids is 2. The van der Waals surface area contributed by atoms with E-state index in [0.29, 0.717) is 0 Å². The number of hydrogen-bond acceptors (Lipinski definition) is 8. The number of carboxylic acid groups (broad SMARTS) is 1. The van der Waals surface area contributed by atoms with E-state index < -0.39 is 30.1 Å². The summed E-state index contributed by atoms with van der Waals surface area (Å²) in [6.45, 7) is -0.914. The molecule has 1 aliphatic carbocycles. The van der Waals surface area contributed by atoms with Gasteiger partial charge in [-0.1, -0.05) is 48.5 Å². The first kappa shape index (κ1) is 25.4. The van der Waals surface area contributed by atoms with Crippen molar-refractivity contribution in [2.24, 2.45) is 0 Å². The van der Waals surface area contributed by atoms with Gasteiger partial charge in [-0.25, -0.2) is 9.78 Å². The zero-order valence-corrected chi connectivity index (χ0v) is 20.7. The number of carbonyl (C=O) groups is 3. The fourth-order valence-electron chi connectivity index (χ4n) is 4.73. The number of fused-ring (bicyclic) bond motifs is 4. The molecule has 2 amide bonds. The van der Waals surface area contributed by atoms with Gasteiger partial charge >= 0.3 is 12.1 Å². The maximum Gasteiger partial charge on any atom is 0.407 e. The number of nitrogens with one attached hydrogen (secondary N) is 2. The summed E-state index contributed by atoms with van der Waals surface area (Å²) in [4.78, 5) is 60.0. The van der Waals surface area contributed by atoms with Crippen LogP contribution in [0.3, 0.4) is 0 Å². The molecular formula is C26H25N7O6. The highest BCUT2D eigenvalue weighted by Gasteiger charge is 2.29. The maximum atomic E-state index is 12.9. The van der Waals surface area contributed by atoms with Crippen molar-refractivity contribution in [1.29, 1.82) is 0 Å². The highest BCUT2D eigenvalue weighted by molar-refractivity contribution is 5.83. The lowest BCUT2D eigenvalue weighted by Gasteiger charge is -2.21. The number of H-pyrrole nitrogens is 1. The Morgan fingerprint density at radius 3 is 2.44 bits per heavy atom. The van der Waals surface area contributed by atoms with Crippen LogP contribution in [0.15, 0.2) is 59.7 Å². The molecule has 5 rings (SSSR count). The van der Waals surface area contributed by atoms with Crippen molar-refractivity contribution < 1.29 is 24.2 Å². The smallest absolute Gasteiger partial charge is 0.407 e. The highest BCUT2D eigenvalue weighted by Crippen LogP contribution is 2.44. The fraction of sp³-hybridized carbons (Fsp3) is 0.231. The van der Waals surface area contributed by atoms with Crippen molar-refractivity contribution in [2.45, 2.75) is 12.5 Å². The van der Waals surface area contributed by atoms with Gasteiger partial charge < -0.3 is 30.4 Å². The van der Waals surface area contributed by atoms with E-state index >= 15 is 0 Å². The Bertz CT molecular complexity index is 1580. The molecule has 0 fully saturated rings. The van der Waals surface area contributed by atoms with E-state index in [4.69, 9.17) is 10.5 Å². The number of aromatic amines is 1. The van der Waals surface area contributed by atoms with Crippen LogP contribution in [-0.2, 0) is 20.9 Å². The summed E-state index contributed by atoms with van der Waals surface area (Å²) < 4.78 is 6.79. The molecule has 5 N–H and O–H groups in total. The second-order valence-electron chi connectivity index (χ2n) is 8.96. The van der Waals surface area contributed by atoms with Crippen molar-refractivity contribution in [3.05, 3.63) is 76.3 Å². The second-order valence-corrected chi connectivity index (χ2v) is 8.96. The van der Waals surface area contributed by atoms with Gasteiger partial charge in [0.05, 0.1) is 6.33 Å². The Balaban J connectivity index is 1.18. The number of amides is 2. The summed E-state index contributed by atoms with van der Waals surface area (Å²) in [5, 5.41) is 11.9. The Labute approximate surface area is 221 Å². The number of rotatable bonds is 9. The summed E-state index contributed by atoms with van der Waals surface area (Å²) in [6, 6.07) is 15.9. The van der Waals surface area contributed by atoms with Crippen LogP contribution < -0.4 is 16.6 Å². The van der Waals surface area contributed by atoms with Crippen molar-refractivity contribution >= 4 is 35.1 Å². The van der Waals surface area contributed by atoms with Gasteiger partial charge in [-0.15, -0.1) is 0 Å². The van der Waals surface area contributed by atoms with Crippen LogP contribution in [0.5, 0.6) is 0 Å². The molecule has 2 heterocycles. The second kappa shape index (κ2) is 10.7. The van der Waals surface area contributed by atoms with E-state index in [0.717, 1.165) is 27.2 Å². The Morgan fingerprint density at radius 1 is 1.10 bits per heavy atom. The summed E-state index contributed by atoms with van der Waals surface area (Å²) in [5.41, 5.74) is 9.49. The molecule has 0 spiro atoms. The predicted molar refractivity (Wildman–Crippen MR) is 140 cm³/mol. The molecule has 2 aromatic heterocycles. The zero-order chi connectivity index (χ0) is 27.5. The molecule has 0 radical (unpaired) electrons. The number of aliphatic carboxylic acids is 1. The van der Waals surface area contributed by atoms with Crippen LogP contribution in [0.2, 0.25) is 0 Å². The number of nitrogens with two attached hydrogens (primary N) is 1. The molecule has 0 atom stereocenters. The topological polar surface area (TPSA) is 186 Å². The first-order chi connectivity index (χ1) is 18.8. The first-order valence-electron chi connectivity index (χ1n) is 12.1. The number of hydrogen-bond donors (Lipinski definition) is 4. The van der Waals surface area contributed by atoms with Crippen LogP contribution in [-0.4, -0.2) is 73.7 Å². The minimum atomic E-state index is -1.22. The molecule has 39 heavy (non-hydrogen) atoms. The number of nitrogen functional groups attached to an aromatic ring is 1. The molecule has 1 aliphatic rings. The molecule has 2 aromatic carbocycles. The molecule has 0 aliphatic heterocycles. The normalized spacial score (nSPS) is 12.1. The largest absolute Gasteiger partial charge is 0.480 e. The number of carboxylic acids is 1. The third kappa shape index (κ3) is 5.28. The molecule has 200 valence electrons. The van der Waals surface area contributed by atoms with Crippen molar-refractivity contribution in [3.63, 3.8) is 0 Å². The van der Waals surface area contributed by atoms with Gasteiger partial charge in [-0.05, 0) is 22.3 Å². The summed E-state index contributed by atoms with van der Waals surface area (Å²) in [5.74, 6) is -2.05. The molecule has 13 heteroatoms. The van der Waals surface area contributed by atoms with E-state index in [1.54, 1.807) is 0 Å². The first-order valence-corrected chi connectivity index (χ1v) is 12.1. The number of anilines is 1. The summed E-state index contributed by atoms with van der Waals surface area (Å²) in [6.07, 6.45) is 0.567. The van der Waals surface area contributed by atoms with E-state index in [2.05, 4.69) is 20.3 Å². The fourth-order valence-corrected chi connectivity index (χ4v) is 4.73. The van der Waals surface area contributed by atoms with Crippen molar-refractivity contribution in [2.75, 3.05) is 32.0 Å². The van der Waals surface area contributed by atoms with Gasteiger partial charge in [0.2, 0.25) is 11.9 Å². The van der Waals surface area contributed by atoms with E-state index in [1.165, 1.54) is 10.9 Å². The van der Waals surface area contributed by atoms with Crippen LogP contribution in [0.1, 0.15) is 17.0 Å². The molecule has 0 saturated carbocycles. The molecule has 0 saturated heterocycles. The van der Waals surface area contributed by atoms with Crippen LogP contribution in [0.4, 0.5) is 10.7 Å². The number of ether oxygens (including phenoxy) is 1. The molecular weight excluding hydrogens is 506 g/mol. The third-order valence-corrected chi connectivity index (χ3v) is 6.47. The van der Waals surface area contributed by atoms with Crippen LogP contribution in [0, 0.1) is 0 Å². The van der Waals surface area contributed by atoms with Gasteiger partial charge in [0.15, 0.2) is 11.2 Å². The standard InChI is InChI=1S/C26H25N7O6/c27-25-30-23-22(24(37)31-25)29-14-33(23)11-20(34)32(12-21(35)36)10-9-28-26(38)39-13-19-17-7-3-1-5-15(17)16-6-2-4-8-18(16)19/h1-8,14,19H,9-13H2,(H,28,38)(H,35,36)(H3,27,30,31,37). The molecule has 4 aromatic rings. The monoisotopic (exact) mass is 531 g/mol. The van der Waals surface area contributed by atoms with Gasteiger partial charge in [0, 0.05) is 19.0 Å². The Hall–Kier alpha value is -5.20. The average Bonchev–Trinajstić information content (AvgIpc) is 3.45. The number of alkyl carbamates (subject to hydrolysis) is 1. The van der Waals surface area contributed by atoms with E-state index in [1.807, 2.05) is 48.5 Å². The molecule has 13 nitrogen and oxygen atoms in total. The number of nitrogens with zero attached hydrogens (tertiary/aromatic N) is 4. The van der Waals surface area contributed by atoms with E-state index in [9.17, 15) is 24.3 Å². The number of imidazole rings is 1. The molecule has 0 bridgehead atoms. The Kier molecular flexibility index (Phi) is 6.95. The number of aromatic nitrogens is 4. The lowest BCUT2D eigenvalue weighted by molar-refractivity contribution is -0.144. The average molecular weight is 532 g/mol. The van der Waals surface area contributed by atoms with Crippen molar-refractivity contribution in [1.82, 2.24) is 29.7 Å². The van der Waals surface area contributed by atoms with Gasteiger partial charge in [-0.2, -0.15) is 4.98 Å². The van der Waals surface area contributed by atoms with Crippen LogP contribution in [0.25, 0.3) is 22.3 Å². The van der Waals surface area contributed by atoms with Gasteiger partial charge in [0.1, 0.15) is 19.7 Å². The minimum absolute atomic E-state index is 0.00120. The SMILES string of the molecule is Nc1nc2c(ncn2CC(=O)N(CCNC(=O)OCC2c3ccccc3-c3ccccc32)CC(=O)O)c(=O)[nH]1. The highest BCUT2D eigenvalue weighted by atomic mass is 16.5. The maximum absolute atomic E-state index is 12.9. The summed E-state index contributed by atoms with van der Waals surface area (Å²) in [7, 11) is 0. The quantitative estimate of drug-likeness (QED) is 0.246. The van der Waals surface area contributed by atoms with E-state index in [-0.39, 0.29) is 49.3 Å². The predicted octanol–water partition coefficient (Wildman–Crippen LogP) is 1.15. The number of benzene rings is 2. The third-order valence-electron chi connectivity index (χ3n) is 6.47. The van der Waals surface area contributed by atoms with Gasteiger partial charge in [-0.3, -0.25) is 19.4 Å². The minimum Gasteiger partial charge on any atom is -0.480 e. The zero-order valence-electron chi connectivity index (χ0n) is 20.7.